The van der Waals surface area contributed by atoms with Crippen LogP contribution in [0.5, 0.6) is 0 Å². The van der Waals surface area contributed by atoms with Crippen molar-refractivity contribution in [2.24, 2.45) is 5.73 Å². The third kappa shape index (κ3) is 40.0. The lowest BCUT2D eigenvalue weighted by molar-refractivity contribution is -0.118. The number of ether oxygens (including phenoxy) is 1. The number of allylic oxidation sites excluding steroid dienone is 2. The van der Waals surface area contributed by atoms with Gasteiger partial charge in [-0.15, -0.1) is 0 Å². The Bertz CT molecular complexity index is 881. The summed E-state index contributed by atoms with van der Waals surface area (Å²) in [5, 5.41) is 38.9. The van der Waals surface area contributed by atoms with E-state index in [2.05, 4.69) is 26.0 Å². The lowest BCUT2D eigenvalue weighted by atomic mass is 9.99. The highest BCUT2D eigenvalue weighted by Gasteiger charge is 2.28. The Morgan fingerprint density at radius 1 is 0.579 bits per heavy atom. The van der Waals surface area contributed by atoms with Crippen molar-refractivity contribution >= 4 is 5.91 Å². The number of carbonyl (C=O) groups is 1. The molecule has 1 saturated heterocycles. The molecule has 0 aliphatic carbocycles. The molecule has 0 aromatic carbocycles. The summed E-state index contributed by atoms with van der Waals surface area (Å²) in [6, 6.07) is 0. The molecule has 7 nitrogen and oxygen atoms in total. The van der Waals surface area contributed by atoms with Crippen LogP contribution in [-0.2, 0) is 9.53 Å². The van der Waals surface area contributed by atoms with Gasteiger partial charge in [0.1, 0.15) is 6.10 Å². The van der Waals surface area contributed by atoms with Crippen LogP contribution in [0.2, 0.25) is 0 Å². The first kappa shape index (κ1) is 55.8. The van der Waals surface area contributed by atoms with E-state index in [9.17, 15) is 20.1 Å². The summed E-state index contributed by atoms with van der Waals surface area (Å²) in [5.41, 5.74) is 5.15. The van der Waals surface area contributed by atoms with Crippen molar-refractivity contribution in [2.45, 2.75) is 282 Å². The monoisotopic (exact) mass is 808 g/mol. The lowest BCUT2D eigenvalue weighted by Gasteiger charge is -2.31. The van der Waals surface area contributed by atoms with E-state index in [1.165, 1.54) is 180 Å². The van der Waals surface area contributed by atoms with Gasteiger partial charge in [0.05, 0.1) is 31.0 Å². The highest BCUT2D eigenvalue weighted by atomic mass is 16.5. The van der Waals surface area contributed by atoms with Crippen molar-refractivity contribution in [1.82, 2.24) is 0 Å². The van der Waals surface area contributed by atoms with Crippen LogP contribution in [0.4, 0.5) is 0 Å². The van der Waals surface area contributed by atoms with Crippen molar-refractivity contribution in [3.05, 3.63) is 24.3 Å². The highest BCUT2D eigenvalue weighted by molar-refractivity contribution is 5.73. The molecule has 1 heterocycles. The Labute approximate surface area is 353 Å². The van der Waals surface area contributed by atoms with Gasteiger partial charge >= 0.3 is 0 Å². The number of amides is 1. The molecule has 5 atom stereocenters. The molecular weight excluding hydrogens is 711 g/mol. The molecular formula is C50H97NO6. The third-order valence-electron chi connectivity index (χ3n) is 11.7. The van der Waals surface area contributed by atoms with Gasteiger partial charge in [0.2, 0.25) is 5.91 Å². The quantitative estimate of drug-likeness (QED) is 0.0309. The second-order valence-corrected chi connectivity index (χ2v) is 17.3. The van der Waals surface area contributed by atoms with Gasteiger partial charge in [0.25, 0.3) is 0 Å². The topological polar surface area (TPSA) is 133 Å². The molecule has 0 aromatic heterocycles. The molecule has 0 radical (unpaired) electrons. The van der Waals surface area contributed by atoms with Gasteiger partial charge < -0.3 is 30.9 Å². The van der Waals surface area contributed by atoms with Crippen LogP contribution in [-0.4, -0.2) is 63.5 Å². The molecule has 1 fully saturated rings. The summed E-state index contributed by atoms with van der Waals surface area (Å²) >= 11 is 0. The number of carbonyl (C=O) groups excluding carboxylic acids is 1. The van der Waals surface area contributed by atoms with Crippen molar-refractivity contribution < 1.29 is 30.0 Å². The van der Waals surface area contributed by atoms with Gasteiger partial charge in [-0.25, -0.2) is 0 Å². The number of hydrogen-bond acceptors (Lipinski definition) is 6. The summed E-state index contributed by atoms with van der Waals surface area (Å²) in [7, 11) is 0. The molecule has 0 spiro atoms. The summed E-state index contributed by atoms with van der Waals surface area (Å²) < 4.78 is 5.59. The van der Waals surface area contributed by atoms with Gasteiger partial charge in [0.15, 0.2) is 0 Å². The fourth-order valence-electron chi connectivity index (χ4n) is 7.73. The fourth-order valence-corrected chi connectivity index (χ4v) is 7.73. The number of rotatable bonds is 40. The number of aliphatic hydroxyl groups is 4. The molecule has 338 valence electrons. The van der Waals surface area contributed by atoms with E-state index >= 15 is 0 Å². The number of primary amides is 1. The molecule has 0 aromatic rings. The van der Waals surface area contributed by atoms with E-state index in [1.54, 1.807) is 0 Å². The number of aliphatic hydroxyl groups excluding tert-OH is 4. The maximum atomic E-state index is 10.7. The zero-order valence-corrected chi connectivity index (χ0v) is 37.7. The van der Waals surface area contributed by atoms with E-state index in [-0.39, 0.29) is 18.6 Å². The molecule has 1 amide bonds. The van der Waals surface area contributed by atoms with Crippen LogP contribution in [0.15, 0.2) is 24.3 Å². The Balaban J connectivity index is 0.00000112. The fraction of sp³-hybridized carbons (Fsp3) is 0.900. The van der Waals surface area contributed by atoms with Gasteiger partial charge in [0, 0.05) is 6.42 Å². The smallest absolute Gasteiger partial charge is 0.217 e. The minimum atomic E-state index is -0.751. The minimum absolute atomic E-state index is 0.146. The van der Waals surface area contributed by atoms with Crippen molar-refractivity contribution in [1.29, 1.82) is 0 Å². The van der Waals surface area contributed by atoms with Crippen molar-refractivity contribution in [3.63, 3.8) is 0 Å². The molecule has 7 heteroatoms. The lowest BCUT2D eigenvalue weighted by Crippen LogP contribution is -2.40. The summed E-state index contributed by atoms with van der Waals surface area (Å²) in [5.74, 6) is -0.158. The van der Waals surface area contributed by atoms with Gasteiger partial charge in [-0.3, -0.25) is 4.79 Å². The standard InChI is InChI=1S/C29H57NO.C21H40O5/c1-2-3-4-5-6-7-8-9-10-11-12-13-14-15-16-17-18-19-20-21-22-23-24-25-26-27-28-29(30)31;1-2-3-4-5-6-7-8-9-12-18(23)19(24)13-10-11-17-14-15-20(25)21(16-22)26-17/h19-20H,2-18,21-28H2,1H3,(H2,30,31);10-11,17-25H,2-9,12-16H2,1H3/b20-19-;11-10+. The highest BCUT2D eigenvalue weighted by Crippen LogP contribution is 2.21. The van der Waals surface area contributed by atoms with Gasteiger partial charge in [-0.2, -0.15) is 0 Å². The Morgan fingerprint density at radius 3 is 1.40 bits per heavy atom. The van der Waals surface area contributed by atoms with Crippen LogP contribution in [0.25, 0.3) is 0 Å². The van der Waals surface area contributed by atoms with Crippen LogP contribution in [0, 0.1) is 0 Å². The molecule has 1 aliphatic rings. The van der Waals surface area contributed by atoms with Crippen LogP contribution >= 0.6 is 0 Å². The van der Waals surface area contributed by atoms with Gasteiger partial charge in [-0.1, -0.05) is 212 Å². The molecule has 1 rings (SSSR count). The van der Waals surface area contributed by atoms with E-state index in [0.29, 0.717) is 32.1 Å². The molecule has 0 bridgehead atoms. The largest absolute Gasteiger partial charge is 0.394 e. The first-order valence-electron chi connectivity index (χ1n) is 24.8. The zero-order chi connectivity index (χ0) is 41.9. The second kappa shape index (κ2) is 44.3. The van der Waals surface area contributed by atoms with Crippen molar-refractivity contribution in [2.75, 3.05) is 6.61 Å². The Kier molecular flexibility index (Phi) is 43.3. The van der Waals surface area contributed by atoms with Crippen LogP contribution < -0.4 is 5.73 Å². The minimum Gasteiger partial charge on any atom is -0.394 e. The van der Waals surface area contributed by atoms with E-state index in [4.69, 9.17) is 15.6 Å². The molecule has 57 heavy (non-hydrogen) atoms. The number of hydrogen-bond donors (Lipinski definition) is 5. The summed E-state index contributed by atoms with van der Waals surface area (Å²) in [6.45, 7) is 4.33. The predicted octanol–water partition coefficient (Wildman–Crippen LogP) is 12.9. The summed E-state index contributed by atoms with van der Waals surface area (Å²) in [6.07, 6.45) is 51.3. The molecule has 6 N–H and O–H groups in total. The average Bonchev–Trinajstić information content (AvgIpc) is 3.20. The average molecular weight is 808 g/mol. The van der Waals surface area contributed by atoms with Crippen molar-refractivity contribution in [3.8, 4) is 0 Å². The van der Waals surface area contributed by atoms with E-state index in [0.717, 1.165) is 25.7 Å². The molecule has 0 saturated carbocycles. The molecule has 5 unspecified atom stereocenters. The molecule has 1 aliphatic heterocycles. The normalized spacial score (nSPS) is 18.2. The van der Waals surface area contributed by atoms with E-state index < -0.39 is 24.4 Å². The third-order valence-corrected chi connectivity index (χ3v) is 11.7. The van der Waals surface area contributed by atoms with E-state index in [1.807, 2.05) is 12.2 Å². The van der Waals surface area contributed by atoms with Gasteiger partial charge in [-0.05, 0) is 57.8 Å². The first-order valence-corrected chi connectivity index (χ1v) is 24.8. The SMILES string of the molecule is CCCCCCCCCCC(O)C(O)C/C=C/C1CCC(O)C(CO)O1.CCCCCCCCCCCCCCCCCC/C=C\CCCCCCCCC(N)=O. The zero-order valence-electron chi connectivity index (χ0n) is 37.7. The maximum Gasteiger partial charge on any atom is 0.217 e. The second-order valence-electron chi connectivity index (χ2n) is 17.3. The van der Waals surface area contributed by atoms with Crippen LogP contribution in [0.1, 0.15) is 251 Å². The number of nitrogens with two attached hydrogens (primary N) is 1. The first-order chi connectivity index (χ1) is 27.8. The maximum absolute atomic E-state index is 10.7. The number of unbranched alkanes of at least 4 members (excludes halogenated alkanes) is 29. The Hall–Kier alpha value is -1.25. The summed E-state index contributed by atoms with van der Waals surface area (Å²) in [4.78, 5) is 10.7. The predicted molar refractivity (Wildman–Crippen MR) is 243 cm³/mol. The van der Waals surface area contributed by atoms with Crippen LogP contribution in [0.3, 0.4) is 0 Å². The Morgan fingerprint density at radius 2 is 0.982 bits per heavy atom.